The lowest BCUT2D eigenvalue weighted by atomic mass is 9.98. The first kappa shape index (κ1) is 24.0. The number of nitrogens with two attached hydrogens (primary N) is 1. The summed E-state index contributed by atoms with van der Waals surface area (Å²) in [6, 6.07) is 23.9. The standard InChI is InChI=1S/C30H32N4OSi/c1-36(2,3)17-16-35-21-34-30-15-13-23(26-19-32-20-27-24(26)10-7-11-28(27)31)18-25(30)29(33-34)14-12-22-8-5-4-6-9-22/h4-15,18-20H,16-17,21,31H2,1-3H3/b14-12+. The fourth-order valence-corrected chi connectivity index (χ4v) is 5.07. The van der Waals surface area contributed by atoms with Crippen LogP contribution in [0.3, 0.4) is 0 Å². The molecule has 36 heavy (non-hydrogen) atoms. The molecule has 0 saturated carbocycles. The summed E-state index contributed by atoms with van der Waals surface area (Å²) in [6.07, 6.45) is 7.92. The topological polar surface area (TPSA) is 66.0 Å². The van der Waals surface area contributed by atoms with E-state index in [-0.39, 0.29) is 0 Å². The van der Waals surface area contributed by atoms with Crippen LogP contribution < -0.4 is 5.73 Å². The normalized spacial score (nSPS) is 12.2. The van der Waals surface area contributed by atoms with E-state index in [0.717, 1.165) is 62.4 Å². The molecule has 3 aromatic carbocycles. The average molecular weight is 493 g/mol. The van der Waals surface area contributed by atoms with Crippen LogP contribution in [0.1, 0.15) is 11.3 Å². The van der Waals surface area contributed by atoms with E-state index >= 15 is 0 Å². The Labute approximate surface area is 213 Å². The zero-order valence-corrected chi connectivity index (χ0v) is 22.1. The maximum Gasteiger partial charge on any atom is 0.140 e. The molecule has 0 aliphatic rings. The van der Waals surface area contributed by atoms with Gasteiger partial charge in [-0.05, 0) is 46.8 Å². The van der Waals surface area contributed by atoms with Crippen molar-refractivity contribution in [3.63, 3.8) is 0 Å². The predicted molar refractivity (Wildman–Crippen MR) is 154 cm³/mol. The van der Waals surface area contributed by atoms with Gasteiger partial charge < -0.3 is 10.5 Å². The molecule has 2 aromatic heterocycles. The zero-order chi connectivity index (χ0) is 25.1. The molecule has 0 saturated heterocycles. The summed E-state index contributed by atoms with van der Waals surface area (Å²) in [5.74, 6) is 0. The second-order valence-electron chi connectivity index (χ2n) is 10.3. The summed E-state index contributed by atoms with van der Waals surface area (Å²) in [7, 11) is -1.15. The molecule has 6 heteroatoms. The average Bonchev–Trinajstić information content (AvgIpc) is 3.22. The van der Waals surface area contributed by atoms with Crippen molar-refractivity contribution < 1.29 is 4.74 Å². The maximum atomic E-state index is 6.23. The van der Waals surface area contributed by atoms with Gasteiger partial charge in [0, 0.05) is 49.1 Å². The predicted octanol–water partition coefficient (Wildman–Crippen LogP) is 7.32. The van der Waals surface area contributed by atoms with Gasteiger partial charge in [-0.15, -0.1) is 0 Å². The van der Waals surface area contributed by atoms with Crippen molar-refractivity contribution >= 4 is 47.6 Å². The Morgan fingerprint density at radius 1 is 0.889 bits per heavy atom. The molecule has 0 fully saturated rings. The summed E-state index contributed by atoms with van der Waals surface area (Å²) >= 11 is 0. The Morgan fingerprint density at radius 3 is 2.53 bits per heavy atom. The molecule has 0 amide bonds. The number of ether oxygens (including phenoxy) is 1. The summed E-state index contributed by atoms with van der Waals surface area (Å²) in [5.41, 5.74) is 12.2. The molecular weight excluding hydrogens is 460 g/mol. The molecule has 0 atom stereocenters. The summed E-state index contributed by atoms with van der Waals surface area (Å²) < 4.78 is 8.02. The number of hydrogen-bond donors (Lipinski definition) is 1. The fraction of sp³-hybridized carbons (Fsp3) is 0.200. The van der Waals surface area contributed by atoms with Gasteiger partial charge in [0.1, 0.15) is 6.73 Å². The van der Waals surface area contributed by atoms with Crippen LogP contribution in [0.2, 0.25) is 25.7 Å². The van der Waals surface area contributed by atoms with Gasteiger partial charge >= 0.3 is 0 Å². The van der Waals surface area contributed by atoms with E-state index in [1.165, 1.54) is 0 Å². The van der Waals surface area contributed by atoms with E-state index in [1.807, 2.05) is 47.4 Å². The molecule has 0 aliphatic heterocycles. The highest BCUT2D eigenvalue weighted by Gasteiger charge is 2.15. The third-order valence-corrected chi connectivity index (χ3v) is 8.07. The minimum Gasteiger partial charge on any atom is -0.398 e. The first-order chi connectivity index (χ1) is 17.4. The van der Waals surface area contributed by atoms with Crippen LogP contribution in [0.5, 0.6) is 0 Å². The van der Waals surface area contributed by atoms with Crippen LogP contribution >= 0.6 is 0 Å². The van der Waals surface area contributed by atoms with Crippen LogP contribution in [0, 0.1) is 0 Å². The molecule has 5 rings (SSSR count). The Balaban J connectivity index is 1.55. The van der Waals surface area contributed by atoms with Crippen LogP contribution in [0.4, 0.5) is 5.69 Å². The number of pyridine rings is 1. The van der Waals surface area contributed by atoms with E-state index in [9.17, 15) is 0 Å². The van der Waals surface area contributed by atoms with Crippen LogP contribution in [-0.2, 0) is 11.5 Å². The van der Waals surface area contributed by atoms with Gasteiger partial charge in [0.25, 0.3) is 0 Å². The molecule has 0 radical (unpaired) electrons. The van der Waals surface area contributed by atoms with Gasteiger partial charge in [0.15, 0.2) is 0 Å². The van der Waals surface area contributed by atoms with Gasteiger partial charge in [-0.2, -0.15) is 5.10 Å². The molecule has 182 valence electrons. The molecule has 2 heterocycles. The Kier molecular flexibility index (Phi) is 6.72. The number of aromatic nitrogens is 3. The SMILES string of the molecule is C[Si](C)(C)CCOCn1nc(/C=C/c2ccccc2)c2cc(-c3cncc4c(N)cccc34)ccc21. The minimum atomic E-state index is -1.15. The number of nitrogen functional groups attached to an aromatic ring is 1. The molecule has 0 bridgehead atoms. The largest absolute Gasteiger partial charge is 0.398 e. The van der Waals surface area contributed by atoms with E-state index in [0.29, 0.717) is 6.73 Å². The monoisotopic (exact) mass is 492 g/mol. The summed E-state index contributed by atoms with van der Waals surface area (Å²) in [4.78, 5) is 4.47. The highest BCUT2D eigenvalue weighted by atomic mass is 28.3. The molecule has 2 N–H and O–H groups in total. The second kappa shape index (κ2) is 10.1. The van der Waals surface area contributed by atoms with E-state index < -0.39 is 8.07 Å². The van der Waals surface area contributed by atoms with E-state index in [2.05, 4.69) is 73.2 Å². The summed E-state index contributed by atoms with van der Waals surface area (Å²) in [5, 5.41) is 8.06. The molecule has 5 aromatic rings. The Hall–Kier alpha value is -3.74. The lowest BCUT2D eigenvalue weighted by molar-refractivity contribution is 0.0816. The van der Waals surface area contributed by atoms with Crippen molar-refractivity contribution in [3.8, 4) is 11.1 Å². The van der Waals surface area contributed by atoms with Gasteiger partial charge in [-0.25, -0.2) is 4.68 Å². The highest BCUT2D eigenvalue weighted by molar-refractivity contribution is 6.76. The molecule has 0 aliphatic carbocycles. The van der Waals surface area contributed by atoms with Crippen molar-refractivity contribution in [1.29, 1.82) is 0 Å². The lowest BCUT2D eigenvalue weighted by Gasteiger charge is -2.15. The van der Waals surface area contributed by atoms with Crippen molar-refractivity contribution in [2.75, 3.05) is 12.3 Å². The fourth-order valence-electron chi connectivity index (χ4n) is 4.31. The third kappa shape index (κ3) is 5.25. The van der Waals surface area contributed by atoms with Crippen LogP contribution in [0.15, 0.2) is 79.1 Å². The van der Waals surface area contributed by atoms with Crippen LogP contribution in [-0.4, -0.2) is 29.4 Å². The number of anilines is 1. The van der Waals surface area contributed by atoms with Gasteiger partial charge in [-0.1, -0.05) is 74.2 Å². The number of hydrogen-bond acceptors (Lipinski definition) is 4. The highest BCUT2D eigenvalue weighted by Crippen LogP contribution is 2.33. The smallest absolute Gasteiger partial charge is 0.140 e. The van der Waals surface area contributed by atoms with Crippen molar-refractivity contribution in [2.45, 2.75) is 32.4 Å². The zero-order valence-electron chi connectivity index (χ0n) is 21.1. The molecular formula is C30H32N4OSi. The number of benzene rings is 3. The lowest BCUT2D eigenvalue weighted by Crippen LogP contribution is -2.22. The van der Waals surface area contributed by atoms with Crippen molar-refractivity contribution in [3.05, 3.63) is 90.4 Å². The first-order valence-electron chi connectivity index (χ1n) is 12.3. The van der Waals surface area contributed by atoms with Gasteiger partial charge in [0.2, 0.25) is 0 Å². The molecule has 0 spiro atoms. The van der Waals surface area contributed by atoms with E-state index in [4.69, 9.17) is 15.6 Å². The quantitative estimate of drug-likeness (QED) is 0.140. The molecule has 0 unspecified atom stereocenters. The summed E-state index contributed by atoms with van der Waals surface area (Å²) in [6.45, 7) is 8.29. The number of nitrogens with zero attached hydrogens (tertiary/aromatic N) is 3. The maximum absolute atomic E-state index is 6.23. The molecule has 5 nitrogen and oxygen atoms in total. The van der Waals surface area contributed by atoms with Gasteiger partial charge in [0.05, 0.1) is 11.2 Å². The second-order valence-corrected chi connectivity index (χ2v) is 16.0. The Bertz CT molecular complexity index is 1530. The van der Waals surface area contributed by atoms with Crippen LogP contribution in [0.25, 0.3) is 45.0 Å². The first-order valence-corrected chi connectivity index (χ1v) is 16.0. The third-order valence-electron chi connectivity index (χ3n) is 6.37. The number of fused-ring (bicyclic) bond motifs is 2. The van der Waals surface area contributed by atoms with Gasteiger partial charge in [-0.3, -0.25) is 4.98 Å². The van der Waals surface area contributed by atoms with Crippen molar-refractivity contribution in [1.82, 2.24) is 14.8 Å². The Morgan fingerprint density at radius 2 is 1.72 bits per heavy atom. The van der Waals surface area contributed by atoms with E-state index in [1.54, 1.807) is 0 Å². The van der Waals surface area contributed by atoms with Crippen molar-refractivity contribution in [2.24, 2.45) is 0 Å². The minimum absolute atomic E-state index is 0.436. The number of rotatable bonds is 8.